The second kappa shape index (κ2) is 4.94. The Morgan fingerprint density at radius 1 is 1.59 bits per heavy atom. The molecule has 1 amide bonds. The van der Waals surface area contributed by atoms with Gasteiger partial charge in [-0.15, -0.1) is 0 Å². The van der Waals surface area contributed by atoms with Crippen molar-refractivity contribution < 1.29 is 9.90 Å². The fourth-order valence-corrected chi connectivity index (χ4v) is 2.45. The molecule has 1 aromatic rings. The van der Waals surface area contributed by atoms with Crippen LogP contribution >= 0.6 is 11.6 Å². The number of halogens is 1. The van der Waals surface area contributed by atoms with Gasteiger partial charge in [-0.2, -0.15) is 0 Å². The number of primary amides is 1. The molecule has 1 aliphatic rings. The largest absolute Gasteiger partial charge is 0.392 e. The summed E-state index contributed by atoms with van der Waals surface area (Å²) in [5.74, 6) is -0.301. The molecule has 2 rings (SSSR count). The normalized spacial score (nSPS) is 19.6. The highest BCUT2D eigenvalue weighted by molar-refractivity contribution is 6.31. The first kappa shape index (κ1) is 12.2. The Hall–Kier alpha value is -1.26. The van der Waals surface area contributed by atoms with Crippen LogP contribution in [0.2, 0.25) is 5.02 Å². The fourth-order valence-electron chi connectivity index (χ4n) is 2.21. The van der Waals surface area contributed by atoms with Crippen molar-refractivity contribution in [3.05, 3.63) is 28.8 Å². The molecule has 0 bridgehead atoms. The molecule has 17 heavy (non-hydrogen) atoms. The van der Waals surface area contributed by atoms with E-state index in [1.54, 1.807) is 12.1 Å². The van der Waals surface area contributed by atoms with Crippen molar-refractivity contribution in [3.63, 3.8) is 0 Å². The molecule has 1 aromatic carbocycles. The number of hydrogen-bond donors (Lipinski definition) is 2. The number of amides is 1. The van der Waals surface area contributed by atoms with Gasteiger partial charge in [0, 0.05) is 17.3 Å². The average Bonchev–Trinajstić information content (AvgIpc) is 2.77. The van der Waals surface area contributed by atoms with Crippen molar-refractivity contribution in [3.8, 4) is 0 Å². The number of carbonyl (C=O) groups is 1. The predicted molar refractivity (Wildman–Crippen MR) is 66.9 cm³/mol. The van der Waals surface area contributed by atoms with Gasteiger partial charge in [0.05, 0.1) is 6.61 Å². The summed E-state index contributed by atoms with van der Waals surface area (Å²) >= 11 is 6.03. The van der Waals surface area contributed by atoms with Gasteiger partial charge in [-0.05, 0) is 30.5 Å². The van der Waals surface area contributed by atoms with Crippen molar-refractivity contribution in [2.24, 2.45) is 5.73 Å². The Bertz CT molecular complexity index is 437. The van der Waals surface area contributed by atoms with Crippen LogP contribution < -0.4 is 10.6 Å². The Balaban J connectivity index is 2.27. The fraction of sp³-hybridized carbons (Fsp3) is 0.417. The number of aliphatic hydroxyl groups excluding tert-OH is 1. The number of anilines is 1. The van der Waals surface area contributed by atoms with Crippen molar-refractivity contribution in [2.45, 2.75) is 25.5 Å². The van der Waals surface area contributed by atoms with E-state index < -0.39 is 0 Å². The van der Waals surface area contributed by atoms with E-state index in [-0.39, 0.29) is 18.6 Å². The van der Waals surface area contributed by atoms with Gasteiger partial charge in [0.15, 0.2) is 0 Å². The molecule has 1 unspecified atom stereocenters. The monoisotopic (exact) mass is 254 g/mol. The Morgan fingerprint density at radius 3 is 2.94 bits per heavy atom. The molecule has 1 atom stereocenters. The second-order valence-electron chi connectivity index (χ2n) is 4.19. The minimum absolute atomic E-state index is 0.0850. The molecule has 0 aromatic heterocycles. The van der Waals surface area contributed by atoms with E-state index in [9.17, 15) is 4.79 Å². The SMILES string of the molecule is NC(=O)C1CCCN1c1ccc(CO)c(Cl)c1. The highest BCUT2D eigenvalue weighted by Crippen LogP contribution is 2.29. The molecule has 1 aliphatic heterocycles. The molecular formula is C12H15ClN2O2. The topological polar surface area (TPSA) is 66.6 Å². The maximum Gasteiger partial charge on any atom is 0.240 e. The first-order valence-electron chi connectivity index (χ1n) is 5.58. The molecule has 1 saturated heterocycles. The number of rotatable bonds is 3. The molecule has 3 N–H and O–H groups in total. The summed E-state index contributed by atoms with van der Waals surface area (Å²) in [6.07, 6.45) is 1.74. The highest BCUT2D eigenvalue weighted by atomic mass is 35.5. The zero-order chi connectivity index (χ0) is 12.4. The zero-order valence-corrected chi connectivity index (χ0v) is 10.2. The van der Waals surface area contributed by atoms with E-state index in [0.29, 0.717) is 10.6 Å². The smallest absolute Gasteiger partial charge is 0.240 e. The van der Waals surface area contributed by atoms with Crippen molar-refractivity contribution in [1.29, 1.82) is 0 Å². The molecule has 1 heterocycles. The third-order valence-corrected chi connectivity index (χ3v) is 3.47. The lowest BCUT2D eigenvalue weighted by Crippen LogP contribution is -2.40. The number of nitrogens with zero attached hydrogens (tertiary/aromatic N) is 1. The maximum absolute atomic E-state index is 11.3. The lowest BCUT2D eigenvalue weighted by Gasteiger charge is -2.24. The summed E-state index contributed by atoms with van der Waals surface area (Å²) in [5, 5.41) is 9.56. The quantitative estimate of drug-likeness (QED) is 0.854. The third kappa shape index (κ3) is 2.37. The molecular weight excluding hydrogens is 240 g/mol. The molecule has 1 fully saturated rings. The van der Waals surface area contributed by atoms with Crippen LogP contribution in [0.5, 0.6) is 0 Å². The zero-order valence-electron chi connectivity index (χ0n) is 9.40. The molecule has 92 valence electrons. The summed E-state index contributed by atoms with van der Waals surface area (Å²) in [6.45, 7) is 0.723. The van der Waals surface area contributed by atoms with Crippen LogP contribution in [0.25, 0.3) is 0 Å². The molecule has 5 heteroatoms. The van der Waals surface area contributed by atoms with Crippen molar-refractivity contribution in [2.75, 3.05) is 11.4 Å². The molecule has 0 saturated carbocycles. The number of nitrogens with two attached hydrogens (primary N) is 1. The molecule has 0 radical (unpaired) electrons. The number of aliphatic hydroxyl groups is 1. The minimum Gasteiger partial charge on any atom is -0.392 e. The van der Waals surface area contributed by atoms with Gasteiger partial charge in [-0.25, -0.2) is 0 Å². The van der Waals surface area contributed by atoms with Gasteiger partial charge >= 0.3 is 0 Å². The number of hydrogen-bond acceptors (Lipinski definition) is 3. The standard InChI is InChI=1S/C12H15ClN2O2/c13-10-6-9(4-3-8(10)7-16)15-5-1-2-11(15)12(14)17/h3-4,6,11,16H,1-2,5,7H2,(H2,14,17). The van der Waals surface area contributed by atoms with Gasteiger partial charge in [-0.3, -0.25) is 4.79 Å². The van der Waals surface area contributed by atoms with Gasteiger partial charge < -0.3 is 15.7 Å². The summed E-state index contributed by atoms with van der Waals surface area (Å²) in [5.41, 5.74) is 6.93. The van der Waals surface area contributed by atoms with Crippen LogP contribution in [0.3, 0.4) is 0 Å². The highest BCUT2D eigenvalue weighted by Gasteiger charge is 2.29. The predicted octanol–water partition coefficient (Wildman–Crippen LogP) is 1.29. The van der Waals surface area contributed by atoms with E-state index in [1.807, 2.05) is 11.0 Å². The molecule has 0 spiro atoms. The molecule has 4 nitrogen and oxygen atoms in total. The second-order valence-corrected chi connectivity index (χ2v) is 4.59. The van der Waals surface area contributed by atoms with Crippen LogP contribution in [0, 0.1) is 0 Å². The van der Waals surface area contributed by atoms with Crippen molar-refractivity contribution >= 4 is 23.2 Å². The van der Waals surface area contributed by atoms with Crippen LogP contribution in [0.4, 0.5) is 5.69 Å². The van der Waals surface area contributed by atoms with Crippen LogP contribution in [-0.2, 0) is 11.4 Å². The lowest BCUT2D eigenvalue weighted by molar-refractivity contribution is -0.119. The lowest BCUT2D eigenvalue weighted by atomic mass is 10.1. The van der Waals surface area contributed by atoms with Crippen molar-refractivity contribution in [1.82, 2.24) is 0 Å². The summed E-state index contributed by atoms with van der Waals surface area (Å²) in [6, 6.07) is 5.16. The Morgan fingerprint density at radius 2 is 2.35 bits per heavy atom. The minimum atomic E-state index is -0.301. The maximum atomic E-state index is 11.3. The molecule has 0 aliphatic carbocycles. The summed E-state index contributed by atoms with van der Waals surface area (Å²) in [7, 11) is 0. The van der Waals surface area contributed by atoms with Gasteiger partial charge in [0.25, 0.3) is 0 Å². The average molecular weight is 255 g/mol. The van der Waals surface area contributed by atoms with Crippen LogP contribution in [0.1, 0.15) is 18.4 Å². The van der Waals surface area contributed by atoms with Gasteiger partial charge in [-0.1, -0.05) is 17.7 Å². The Kier molecular flexibility index (Phi) is 3.54. The van der Waals surface area contributed by atoms with E-state index >= 15 is 0 Å². The number of benzene rings is 1. The van der Waals surface area contributed by atoms with Gasteiger partial charge in [0.1, 0.15) is 6.04 Å². The van der Waals surface area contributed by atoms with Crippen LogP contribution in [-0.4, -0.2) is 23.6 Å². The summed E-state index contributed by atoms with van der Waals surface area (Å²) in [4.78, 5) is 13.3. The Labute approximate surface area is 105 Å². The van der Waals surface area contributed by atoms with E-state index in [4.69, 9.17) is 22.4 Å². The van der Waals surface area contributed by atoms with E-state index in [0.717, 1.165) is 25.1 Å². The first-order valence-corrected chi connectivity index (χ1v) is 5.96. The van der Waals surface area contributed by atoms with Gasteiger partial charge in [0.2, 0.25) is 5.91 Å². The van der Waals surface area contributed by atoms with Crippen LogP contribution in [0.15, 0.2) is 18.2 Å². The first-order chi connectivity index (χ1) is 8.13. The summed E-state index contributed by atoms with van der Waals surface area (Å²) < 4.78 is 0. The number of carbonyl (C=O) groups excluding carboxylic acids is 1. The third-order valence-electron chi connectivity index (χ3n) is 3.12. The van der Waals surface area contributed by atoms with E-state index in [1.165, 1.54) is 0 Å². The van der Waals surface area contributed by atoms with E-state index in [2.05, 4.69) is 0 Å².